The first kappa shape index (κ1) is 26.4. The summed E-state index contributed by atoms with van der Waals surface area (Å²) >= 11 is -0.826. The fraction of sp³-hybridized carbons (Fsp3) is 0.222. The molecule has 1 unspecified atom stereocenters. The second kappa shape index (κ2) is 13.0. The molecule has 0 bridgehead atoms. The first-order valence-corrected chi connectivity index (χ1v) is 17.3. The van der Waals surface area contributed by atoms with Crippen LogP contribution in [0.1, 0.15) is 38.8 Å². The summed E-state index contributed by atoms with van der Waals surface area (Å²) in [4.78, 5) is 0. The zero-order valence-corrected chi connectivity index (χ0v) is 23.7. The van der Waals surface area contributed by atoms with Crippen LogP contribution >= 0.6 is 26.3 Å². The summed E-state index contributed by atoms with van der Waals surface area (Å²) in [5, 5.41) is 3.96. The molecule has 0 spiro atoms. The van der Waals surface area contributed by atoms with Crippen molar-refractivity contribution in [3.8, 4) is 11.1 Å². The van der Waals surface area contributed by atoms with Crippen molar-refractivity contribution in [3.63, 3.8) is 0 Å². The average molecular weight is 548 g/mol. The number of fused-ring (bicyclic) bond motifs is 1. The molecule has 0 nitrogen and oxygen atoms in total. The normalized spacial score (nSPS) is 10.5. The van der Waals surface area contributed by atoms with Crippen molar-refractivity contribution in [2.75, 3.05) is 0 Å². The van der Waals surface area contributed by atoms with Crippen LogP contribution in [0.5, 0.6) is 0 Å². The van der Waals surface area contributed by atoms with Gasteiger partial charge in [0.15, 0.2) is 0 Å². The van der Waals surface area contributed by atoms with E-state index in [1.165, 1.54) is 38.3 Å². The Labute approximate surface area is 208 Å². The minimum absolute atomic E-state index is 0.209. The Bertz CT molecular complexity index is 1050. The van der Waals surface area contributed by atoms with Gasteiger partial charge in [0.25, 0.3) is 0 Å². The van der Waals surface area contributed by atoms with Crippen molar-refractivity contribution in [2.24, 2.45) is 0 Å². The number of rotatable bonds is 2. The van der Waals surface area contributed by atoms with Gasteiger partial charge < -0.3 is 0 Å². The summed E-state index contributed by atoms with van der Waals surface area (Å²) in [5.41, 5.74) is 5.66. The second-order valence-electron chi connectivity index (χ2n) is 8.34. The molecule has 0 aliphatic carbocycles. The van der Waals surface area contributed by atoms with Gasteiger partial charge >= 0.3 is 37.9 Å². The fourth-order valence-corrected chi connectivity index (χ4v) is 3.58. The van der Waals surface area contributed by atoms with Crippen LogP contribution in [0.3, 0.4) is 0 Å². The SMILES string of the molecule is CCc1cc2c(-c3ccc(C(C)(C)C)cc3)cccc2[cH-]1.Pc1ccccc1.[Cl][Zr][Cl]. The zero-order chi connectivity index (χ0) is 22.9. The molecule has 0 aromatic heterocycles. The molecule has 0 radical (unpaired) electrons. The maximum absolute atomic E-state index is 4.93. The summed E-state index contributed by atoms with van der Waals surface area (Å²) in [6.45, 7) is 8.99. The third kappa shape index (κ3) is 8.22. The summed E-state index contributed by atoms with van der Waals surface area (Å²) in [7, 11) is 12.5. The van der Waals surface area contributed by atoms with Crippen LogP contribution in [-0.2, 0) is 32.7 Å². The summed E-state index contributed by atoms with van der Waals surface area (Å²) < 4.78 is 0. The quantitative estimate of drug-likeness (QED) is 0.174. The second-order valence-corrected chi connectivity index (χ2v) is 12.7. The first-order valence-electron chi connectivity index (χ1n) is 10.4. The molecule has 4 heteroatoms. The Hall–Kier alpha value is -0.837. The molecule has 0 N–H and O–H groups in total. The van der Waals surface area contributed by atoms with Gasteiger partial charge in [-0.1, -0.05) is 93.9 Å². The van der Waals surface area contributed by atoms with Gasteiger partial charge in [0.2, 0.25) is 0 Å². The van der Waals surface area contributed by atoms with Crippen molar-refractivity contribution < 1.29 is 20.8 Å². The van der Waals surface area contributed by atoms with Crippen LogP contribution in [0.2, 0.25) is 0 Å². The van der Waals surface area contributed by atoms with Crippen molar-refractivity contribution in [1.82, 2.24) is 0 Å². The van der Waals surface area contributed by atoms with Crippen LogP contribution in [-0.4, -0.2) is 0 Å². The van der Waals surface area contributed by atoms with E-state index in [1.807, 2.05) is 30.3 Å². The van der Waals surface area contributed by atoms with Crippen LogP contribution in [0.25, 0.3) is 21.9 Å². The van der Waals surface area contributed by atoms with Gasteiger partial charge in [-0.25, -0.2) is 0 Å². The number of hydrogen-bond acceptors (Lipinski definition) is 0. The van der Waals surface area contributed by atoms with Gasteiger partial charge in [0.05, 0.1) is 0 Å². The Morgan fingerprint density at radius 3 is 1.97 bits per heavy atom. The number of hydrogen-bond donors (Lipinski definition) is 0. The van der Waals surface area contributed by atoms with E-state index in [0.29, 0.717) is 0 Å². The number of halogens is 2. The minimum atomic E-state index is -0.826. The van der Waals surface area contributed by atoms with E-state index in [0.717, 1.165) is 6.42 Å². The molecule has 0 saturated carbocycles. The van der Waals surface area contributed by atoms with Gasteiger partial charge in [-0.15, -0.1) is 43.8 Å². The predicted molar refractivity (Wildman–Crippen MR) is 141 cm³/mol. The van der Waals surface area contributed by atoms with Gasteiger partial charge in [-0.2, -0.15) is 6.07 Å². The molecule has 4 aromatic rings. The zero-order valence-electron chi connectivity index (χ0n) is 18.6. The summed E-state index contributed by atoms with van der Waals surface area (Å²) in [6, 6.07) is 30.4. The molecule has 0 amide bonds. The Balaban J connectivity index is 0.000000284. The molecule has 1 atom stereocenters. The molecule has 4 rings (SSSR count). The van der Waals surface area contributed by atoms with E-state index in [2.05, 4.69) is 91.5 Å². The van der Waals surface area contributed by atoms with E-state index in [1.54, 1.807) is 0 Å². The molecule has 0 saturated heterocycles. The molecular weight excluding hydrogens is 517 g/mol. The molecule has 0 fully saturated rings. The average Bonchev–Trinajstić information content (AvgIpc) is 3.18. The van der Waals surface area contributed by atoms with Crippen molar-refractivity contribution in [1.29, 1.82) is 0 Å². The Kier molecular flexibility index (Phi) is 11.1. The Morgan fingerprint density at radius 1 is 0.871 bits per heavy atom. The predicted octanol–water partition coefficient (Wildman–Crippen LogP) is 8.65. The third-order valence-corrected chi connectivity index (χ3v) is 5.47. The van der Waals surface area contributed by atoms with E-state index >= 15 is 0 Å². The standard InChI is InChI=1S/C21H23.C6H7P.2ClH.Zr/c1-5-15-13-17-7-6-8-19(20(17)14-15)16-9-11-18(12-10-16)21(2,3)4;7-6-4-2-1-3-5-6;;;/h6-14H,5H2,1-4H3;1-5H,7H2;2*1H;/q-1;;;;+2/p-2. The summed E-state index contributed by atoms with van der Waals surface area (Å²) in [6.07, 6.45) is 1.09. The fourth-order valence-electron chi connectivity index (χ4n) is 3.36. The topological polar surface area (TPSA) is 0 Å². The van der Waals surface area contributed by atoms with Crippen LogP contribution < -0.4 is 5.30 Å². The van der Waals surface area contributed by atoms with E-state index < -0.39 is 20.8 Å². The third-order valence-electron chi connectivity index (χ3n) is 5.08. The summed E-state index contributed by atoms with van der Waals surface area (Å²) in [5.74, 6) is 0. The van der Waals surface area contributed by atoms with Crippen molar-refractivity contribution in [3.05, 3.63) is 96.1 Å². The molecule has 162 valence electrons. The Morgan fingerprint density at radius 2 is 1.48 bits per heavy atom. The van der Waals surface area contributed by atoms with Crippen LogP contribution in [0, 0.1) is 0 Å². The van der Waals surface area contributed by atoms with Gasteiger partial charge in [0, 0.05) is 0 Å². The van der Waals surface area contributed by atoms with E-state index in [9.17, 15) is 0 Å². The van der Waals surface area contributed by atoms with E-state index in [-0.39, 0.29) is 5.41 Å². The molecule has 0 aliphatic rings. The maximum atomic E-state index is 4.93. The van der Waals surface area contributed by atoms with Gasteiger partial charge in [-0.3, -0.25) is 0 Å². The van der Waals surface area contributed by atoms with Crippen molar-refractivity contribution >= 4 is 42.3 Å². The molecule has 31 heavy (non-hydrogen) atoms. The molecule has 4 aromatic carbocycles. The van der Waals surface area contributed by atoms with E-state index in [4.69, 9.17) is 17.0 Å². The van der Waals surface area contributed by atoms with Crippen LogP contribution in [0.4, 0.5) is 0 Å². The monoisotopic (exact) mass is 545 g/mol. The molecule has 0 heterocycles. The number of benzene rings is 3. The number of aryl methyl sites for hydroxylation is 1. The van der Waals surface area contributed by atoms with Crippen LogP contribution in [0.15, 0.2) is 84.9 Å². The molecule has 0 aliphatic heterocycles. The molecular formula is C27H30Cl2PZr-. The van der Waals surface area contributed by atoms with Gasteiger partial charge in [0.1, 0.15) is 0 Å². The van der Waals surface area contributed by atoms with Crippen molar-refractivity contribution in [2.45, 2.75) is 39.5 Å². The first-order chi connectivity index (χ1) is 14.8. The van der Waals surface area contributed by atoms with Gasteiger partial charge in [-0.05, 0) is 28.3 Å².